The molecule has 0 amide bonds. The second-order valence-electron chi connectivity index (χ2n) is 5.01. The molecule has 3 heteroatoms. The first-order chi connectivity index (χ1) is 9.58. The Labute approximate surface area is 122 Å². The lowest BCUT2D eigenvalue weighted by Crippen LogP contribution is -2.04. The SMILES string of the molecule is C=O.CC1CCC1.CCOc1cc(C)c(C#N)c(C)c1. The lowest BCUT2D eigenvalue weighted by Gasteiger charge is -2.18. The van der Waals surface area contributed by atoms with Crippen molar-refractivity contribution in [2.45, 2.75) is 47.0 Å². The number of nitriles is 1. The van der Waals surface area contributed by atoms with Crippen molar-refractivity contribution in [1.82, 2.24) is 0 Å². The first-order valence-corrected chi connectivity index (χ1v) is 7.01. The number of carbonyl (C=O) groups is 1. The minimum absolute atomic E-state index is 0.658. The van der Waals surface area contributed by atoms with E-state index in [4.69, 9.17) is 14.8 Å². The van der Waals surface area contributed by atoms with Crippen LogP contribution in [-0.2, 0) is 4.79 Å². The summed E-state index contributed by atoms with van der Waals surface area (Å²) in [7, 11) is 0. The lowest BCUT2D eigenvalue weighted by atomic mass is 9.88. The topological polar surface area (TPSA) is 50.1 Å². The Balaban J connectivity index is 0.000000427. The zero-order valence-electron chi connectivity index (χ0n) is 13.0. The van der Waals surface area contributed by atoms with Gasteiger partial charge in [-0.3, -0.25) is 0 Å². The fourth-order valence-corrected chi connectivity index (χ4v) is 1.96. The Hall–Kier alpha value is -1.82. The molecule has 0 unspecified atom stereocenters. The van der Waals surface area contributed by atoms with Crippen LogP contribution < -0.4 is 4.74 Å². The summed E-state index contributed by atoms with van der Waals surface area (Å²) in [5.74, 6) is 1.91. The zero-order valence-corrected chi connectivity index (χ0v) is 13.0. The molecule has 110 valence electrons. The molecule has 1 aromatic carbocycles. The Kier molecular flexibility index (Phi) is 9.11. The number of ether oxygens (including phenoxy) is 1. The number of benzene rings is 1. The predicted octanol–water partition coefficient (Wildman–Crippen LogP) is 4.20. The summed E-state index contributed by atoms with van der Waals surface area (Å²) >= 11 is 0. The van der Waals surface area contributed by atoms with Gasteiger partial charge in [-0.15, -0.1) is 0 Å². The van der Waals surface area contributed by atoms with Crippen LogP contribution in [0.4, 0.5) is 0 Å². The second kappa shape index (κ2) is 10.0. The Bertz CT molecular complexity index is 422. The molecule has 1 aliphatic rings. The third-order valence-corrected chi connectivity index (χ3v) is 3.32. The van der Waals surface area contributed by atoms with Gasteiger partial charge in [-0.05, 0) is 49.9 Å². The first-order valence-electron chi connectivity index (χ1n) is 7.01. The van der Waals surface area contributed by atoms with Gasteiger partial charge in [-0.1, -0.05) is 26.2 Å². The van der Waals surface area contributed by atoms with Gasteiger partial charge in [0.15, 0.2) is 0 Å². The zero-order chi connectivity index (χ0) is 15.5. The number of hydrogen-bond acceptors (Lipinski definition) is 3. The summed E-state index contributed by atoms with van der Waals surface area (Å²) in [5.41, 5.74) is 2.71. The van der Waals surface area contributed by atoms with Gasteiger partial charge in [0.05, 0.1) is 18.2 Å². The fraction of sp³-hybridized carbons (Fsp3) is 0.529. The van der Waals surface area contributed by atoms with Crippen LogP contribution in [0, 0.1) is 31.1 Å². The van der Waals surface area contributed by atoms with Gasteiger partial charge in [0.25, 0.3) is 0 Å². The monoisotopic (exact) mass is 275 g/mol. The third kappa shape index (κ3) is 5.88. The van der Waals surface area contributed by atoms with Gasteiger partial charge in [-0.25, -0.2) is 0 Å². The number of carbonyl (C=O) groups excluding carboxylic acids is 1. The summed E-state index contributed by atoms with van der Waals surface area (Å²) in [5, 5.41) is 8.83. The predicted molar refractivity (Wildman–Crippen MR) is 81.9 cm³/mol. The van der Waals surface area contributed by atoms with E-state index in [0.29, 0.717) is 6.61 Å². The third-order valence-electron chi connectivity index (χ3n) is 3.32. The van der Waals surface area contributed by atoms with E-state index in [1.54, 1.807) is 0 Å². The minimum atomic E-state index is 0.658. The lowest BCUT2D eigenvalue weighted by molar-refractivity contribution is -0.0979. The van der Waals surface area contributed by atoms with Crippen LogP contribution in [0.3, 0.4) is 0 Å². The van der Waals surface area contributed by atoms with Crippen molar-refractivity contribution in [3.05, 3.63) is 28.8 Å². The first kappa shape index (κ1) is 18.2. The molecule has 1 aliphatic carbocycles. The van der Waals surface area contributed by atoms with Gasteiger partial charge in [0.2, 0.25) is 0 Å². The highest BCUT2D eigenvalue weighted by Gasteiger charge is 2.09. The molecule has 0 bridgehead atoms. The summed E-state index contributed by atoms with van der Waals surface area (Å²) in [6, 6.07) is 5.97. The Morgan fingerprint density at radius 3 is 2.00 bits per heavy atom. The molecule has 3 nitrogen and oxygen atoms in total. The summed E-state index contributed by atoms with van der Waals surface area (Å²) in [6.07, 6.45) is 4.46. The molecule has 2 rings (SSSR count). The van der Waals surface area contributed by atoms with Gasteiger partial charge < -0.3 is 9.53 Å². The van der Waals surface area contributed by atoms with Crippen molar-refractivity contribution in [2.24, 2.45) is 5.92 Å². The van der Waals surface area contributed by atoms with E-state index in [1.165, 1.54) is 19.3 Å². The molecule has 1 fully saturated rings. The average molecular weight is 275 g/mol. The number of rotatable bonds is 2. The standard InChI is InChI=1S/C11H13NO.C5H10.CH2O/c1-4-13-10-5-8(2)11(7-12)9(3)6-10;1-5-3-2-4-5;1-2/h5-6H,4H2,1-3H3;5H,2-4H2,1H3;1H2. The van der Waals surface area contributed by atoms with E-state index in [9.17, 15) is 0 Å². The maximum Gasteiger partial charge on any atom is 0.119 e. The van der Waals surface area contributed by atoms with Crippen LogP contribution >= 0.6 is 0 Å². The van der Waals surface area contributed by atoms with Crippen molar-refractivity contribution in [2.75, 3.05) is 6.61 Å². The van der Waals surface area contributed by atoms with E-state index >= 15 is 0 Å². The average Bonchev–Trinajstić information content (AvgIpc) is 2.39. The minimum Gasteiger partial charge on any atom is -0.494 e. The Morgan fingerprint density at radius 2 is 1.75 bits per heavy atom. The fourth-order valence-electron chi connectivity index (χ4n) is 1.96. The van der Waals surface area contributed by atoms with E-state index in [2.05, 4.69) is 13.0 Å². The van der Waals surface area contributed by atoms with Crippen molar-refractivity contribution >= 4 is 6.79 Å². The molecule has 0 aromatic heterocycles. The molecule has 0 spiro atoms. The molecule has 20 heavy (non-hydrogen) atoms. The van der Waals surface area contributed by atoms with Crippen molar-refractivity contribution in [3.8, 4) is 11.8 Å². The highest BCUT2D eigenvalue weighted by atomic mass is 16.5. The summed E-state index contributed by atoms with van der Waals surface area (Å²) < 4.78 is 5.36. The second-order valence-corrected chi connectivity index (χ2v) is 5.01. The molecule has 1 saturated carbocycles. The Morgan fingerprint density at radius 1 is 1.30 bits per heavy atom. The van der Waals surface area contributed by atoms with E-state index in [1.807, 2.05) is 39.7 Å². The molecule has 1 aromatic rings. The highest BCUT2D eigenvalue weighted by molar-refractivity contribution is 5.47. The molecule has 0 aliphatic heterocycles. The van der Waals surface area contributed by atoms with Crippen LogP contribution in [0.25, 0.3) is 0 Å². The summed E-state index contributed by atoms with van der Waals surface area (Å²) in [4.78, 5) is 8.00. The molecule has 0 atom stereocenters. The molecule has 0 saturated heterocycles. The van der Waals surface area contributed by atoms with E-state index in [-0.39, 0.29) is 0 Å². The van der Waals surface area contributed by atoms with E-state index in [0.717, 1.165) is 28.4 Å². The van der Waals surface area contributed by atoms with Crippen LogP contribution in [0.1, 0.15) is 49.8 Å². The highest BCUT2D eigenvalue weighted by Crippen LogP contribution is 2.24. The molecular weight excluding hydrogens is 250 g/mol. The van der Waals surface area contributed by atoms with Gasteiger partial charge in [0, 0.05) is 0 Å². The normalized spacial score (nSPS) is 12.8. The van der Waals surface area contributed by atoms with Crippen LogP contribution in [0.5, 0.6) is 5.75 Å². The van der Waals surface area contributed by atoms with Gasteiger partial charge in [-0.2, -0.15) is 5.26 Å². The number of aryl methyl sites for hydroxylation is 2. The quantitative estimate of drug-likeness (QED) is 0.813. The van der Waals surface area contributed by atoms with Crippen LogP contribution in [0.2, 0.25) is 0 Å². The van der Waals surface area contributed by atoms with Crippen molar-refractivity contribution in [1.29, 1.82) is 5.26 Å². The van der Waals surface area contributed by atoms with Crippen LogP contribution in [-0.4, -0.2) is 13.4 Å². The number of nitrogens with zero attached hydrogens (tertiary/aromatic N) is 1. The molecular formula is C17H25NO2. The van der Waals surface area contributed by atoms with Crippen LogP contribution in [0.15, 0.2) is 12.1 Å². The largest absolute Gasteiger partial charge is 0.494 e. The van der Waals surface area contributed by atoms with Crippen molar-refractivity contribution < 1.29 is 9.53 Å². The summed E-state index contributed by atoms with van der Waals surface area (Å²) in [6.45, 7) is 10.8. The molecule has 0 N–H and O–H groups in total. The molecule has 0 radical (unpaired) electrons. The van der Waals surface area contributed by atoms with Crippen molar-refractivity contribution in [3.63, 3.8) is 0 Å². The maximum absolute atomic E-state index is 8.83. The van der Waals surface area contributed by atoms with E-state index < -0.39 is 0 Å². The van der Waals surface area contributed by atoms with Gasteiger partial charge in [0.1, 0.15) is 12.5 Å². The maximum atomic E-state index is 8.83. The number of hydrogen-bond donors (Lipinski definition) is 0. The smallest absolute Gasteiger partial charge is 0.119 e. The van der Waals surface area contributed by atoms with Gasteiger partial charge >= 0.3 is 0 Å². The molecule has 0 heterocycles.